The minimum Gasteiger partial charge on any atom is -0.338 e. The number of H-pyrrole nitrogens is 2. The lowest BCUT2D eigenvalue weighted by molar-refractivity contribution is 0.0700. The maximum absolute atomic E-state index is 12.7. The summed E-state index contributed by atoms with van der Waals surface area (Å²) in [6.45, 7) is 2.15. The third-order valence-corrected chi connectivity index (χ3v) is 5.55. The summed E-state index contributed by atoms with van der Waals surface area (Å²) in [7, 11) is 0. The minimum atomic E-state index is -0.646. The Morgan fingerprint density at radius 3 is 2.81 bits per heavy atom. The quantitative estimate of drug-likeness (QED) is 0.854. The van der Waals surface area contributed by atoms with Crippen LogP contribution in [-0.4, -0.2) is 43.4 Å². The largest absolute Gasteiger partial charge is 0.338 e. The van der Waals surface area contributed by atoms with Crippen LogP contribution in [0.1, 0.15) is 54.2 Å². The normalized spacial score (nSPS) is 20.8. The molecule has 0 radical (unpaired) electrons. The molecule has 3 heterocycles. The Bertz CT molecular complexity index is 908. The summed E-state index contributed by atoms with van der Waals surface area (Å²) in [5.41, 5.74) is -1.28. The van der Waals surface area contributed by atoms with Crippen LogP contribution in [0.4, 0.5) is 0 Å². The summed E-state index contributed by atoms with van der Waals surface area (Å²) >= 11 is 0. The summed E-state index contributed by atoms with van der Waals surface area (Å²) in [6.07, 6.45) is 10.8. The van der Waals surface area contributed by atoms with Gasteiger partial charge in [-0.1, -0.05) is 6.42 Å². The van der Waals surface area contributed by atoms with Gasteiger partial charge in [0.15, 0.2) is 0 Å². The van der Waals surface area contributed by atoms with Gasteiger partial charge in [0.2, 0.25) is 0 Å². The molecule has 2 fully saturated rings. The first-order valence-corrected chi connectivity index (χ1v) is 9.24. The maximum Gasteiger partial charge on any atom is 0.325 e. The summed E-state index contributed by atoms with van der Waals surface area (Å²) in [5, 5.41) is 0. The topological polar surface area (TPSA) is 104 Å². The van der Waals surface area contributed by atoms with Crippen molar-refractivity contribution in [1.29, 1.82) is 0 Å². The average molecular weight is 357 g/mol. The number of likely N-dealkylation sites (tertiary alicyclic amines) is 1. The van der Waals surface area contributed by atoms with Crippen LogP contribution in [0.25, 0.3) is 0 Å². The second kappa shape index (κ2) is 6.93. The van der Waals surface area contributed by atoms with Gasteiger partial charge in [-0.2, -0.15) is 0 Å². The Morgan fingerprint density at radius 2 is 2.08 bits per heavy atom. The van der Waals surface area contributed by atoms with E-state index in [0.29, 0.717) is 13.1 Å². The number of carbonyl (C=O) groups is 1. The first-order valence-electron chi connectivity index (χ1n) is 9.24. The SMILES string of the molecule is O=C(c1c[nH]c(=O)[nH]c1=O)N1CCC[C@H](c2nccn2CC2CCC2)C1. The van der Waals surface area contributed by atoms with Crippen molar-refractivity contribution in [2.75, 3.05) is 13.1 Å². The number of nitrogens with one attached hydrogen (secondary N) is 2. The zero-order chi connectivity index (χ0) is 18.1. The van der Waals surface area contributed by atoms with E-state index in [0.717, 1.165) is 31.1 Å². The highest BCUT2D eigenvalue weighted by Crippen LogP contribution is 2.31. The fraction of sp³-hybridized carbons (Fsp3) is 0.556. The molecule has 2 aromatic heterocycles. The number of aromatic amines is 2. The number of aromatic nitrogens is 4. The molecule has 1 amide bonds. The zero-order valence-corrected chi connectivity index (χ0v) is 14.6. The van der Waals surface area contributed by atoms with E-state index < -0.39 is 11.2 Å². The van der Waals surface area contributed by atoms with Crippen molar-refractivity contribution in [3.8, 4) is 0 Å². The van der Waals surface area contributed by atoms with E-state index in [2.05, 4.69) is 19.5 Å². The van der Waals surface area contributed by atoms with Crippen LogP contribution in [0.5, 0.6) is 0 Å². The van der Waals surface area contributed by atoms with E-state index in [1.165, 1.54) is 25.5 Å². The predicted molar refractivity (Wildman–Crippen MR) is 95.1 cm³/mol. The molecule has 1 saturated carbocycles. The highest BCUT2D eigenvalue weighted by Gasteiger charge is 2.30. The van der Waals surface area contributed by atoms with Crippen LogP contribution in [0.15, 0.2) is 28.2 Å². The average Bonchev–Trinajstić information content (AvgIpc) is 3.06. The summed E-state index contributed by atoms with van der Waals surface area (Å²) in [4.78, 5) is 46.5. The third kappa shape index (κ3) is 3.23. The van der Waals surface area contributed by atoms with Crippen molar-refractivity contribution in [3.05, 3.63) is 50.8 Å². The van der Waals surface area contributed by atoms with Gasteiger partial charge in [-0.25, -0.2) is 9.78 Å². The second-order valence-corrected chi connectivity index (χ2v) is 7.31. The lowest BCUT2D eigenvalue weighted by atomic mass is 9.85. The van der Waals surface area contributed by atoms with Gasteiger partial charge in [-0.3, -0.25) is 14.6 Å². The standard InChI is InChI=1S/C18H23N5O3/c24-16-14(9-20-18(26)21-16)17(25)23-7-2-5-13(11-23)15-19-6-8-22(15)10-12-3-1-4-12/h6,8-9,12-13H,1-5,7,10-11H2,(H2,20,21,24,26)/t13-/m0/s1. The third-order valence-electron chi connectivity index (χ3n) is 5.55. The molecule has 8 nitrogen and oxygen atoms in total. The molecule has 0 unspecified atom stereocenters. The fourth-order valence-electron chi connectivity index (χ4n) is 3.90. The highest BCUT2D eigenvalue weighted by atomic mass is 16.2. The molecule has 8 heteroatoms. The first-order chi connectivity index (χ1) is 12.6. The number of rotatable bonds is 4. The van der Waals surface area contributed by atoms with Crippen molar-refractivity contribution in [3.63, 3.8) is 0 Å². The lowest BCUT2D eigenvalue weighted by Gasteiger charge is -2.33. The predicted octanol–water partition coefficient (Wildman–Crippen LogP) is 1.08. The van der Waals surface area contributed by atoms with Crippen molar-refractivity contribution < 1.29 is 4.79 Å². The van der Waals surface area contributed by atoms with Crippen molar-refractivity contribution >= 4 is 5.91 Å². The molecular formula is C18H23N5O3. The Morgan fingerprint density at radius 1 is 1.23 bits per heavy atom. The summed E-state index contributed by atoms with van der Waals surface area (Å²) in [6, 6.07) is 0. The van der Waals surface area contributed by atoms with E-state index in [-0.39, 0.29) is 17.4 Å². The van der Waals surface area contributed by atoms with Gasteiger partial charge in [0.1, 0.15) is 11.4 Å². The molecule has 0 spiro atoms. The van der Waals surface area contributed by atoms with Crippen LogP contribution in [0.3, 0.4) is 0 Å². The van der Waals surface area contributed by atoms with E-state index >= 15 is 0 Å². The van der Waals surface area contributed by atoms with Gasteiger partial charge in [0.25, 0.3) is 11.5 Å². The molecule has 4 rings (SSSR count). The summed E-state index contributed by atoms with van der Waals surface area (Å²) < 4.78 is 2.23. The number of amides is 1. The van der Waals surface area contributed by atoms with E-state index in [1.807, 2.05) is 12.4 Å². The Labute approximate surface area is 150 Å². The van der Waals surface area contributed by atoms with Crippen LogP contribution < -0.4 is 11.2 Å². The van der Waals surface area contributed by atoms with Crippen molar-refractivity contribution in [2.45, 2.75) is 44.6 Å². The van der Waals surface area contributed by atoms with E-state index in [4.69, 9.17) is 0 Å². The summed E-state index contributed by atoms with van der Waals surface area (Å²) in [5.74, 6) is 1.60. The zero-order valence-electron chi connectivity index (χ0n) is 14.6. The molecule has 1 saturated heterocycles. The molecule has 0 aromatic carbocycles. The number of nitrogens with zero attached hydrogens (tertiary/aromatic N) is 3. The molecule has 1 aliphatic carbocycles. The Hall–Kier alpha value is -2.64. The molecule has 1 aliphatic heterocycles. The number of piperidine rings is 1. The first kappa shape index (κ1) is 16.8. The Balaban J connectivity index is 1.51. The highest BCUT2D eigenvalue weighted by molar-refractivity contribution is 5.93. The number of hydrogen-bond donors (Lipinski definition) is 2. The lowest BCUT2D eigenvalue weighted by Crippen LogP contribution is -2.42. The van der Waals surface area contributed by atoms with Crippen LogP contribution >= 0.6 is 0 Å². The van der Waals surface area contributed by atoms with Crippen LogP contribution in [0, 0.1) is 5.92 Å². The number of carbonyl (C=O) groups excluding carboxylic acids is 1. The van der Waals surface area contributed by atoms with Crippen molar-refractivity contribution in [2.24, 2.45) is 5.92 Å². The minimum absolute atomic E-state index is 0.0249. The molecule has 2 aliphatic rings. The van der Waals surface area contributed by atoms with Gasteiger partial charge in [0.05, 0.1) is 0 Å². The number of hydrogen-bond acceptors (Lipinski definition) is 4. The van der Waals surface area contributed by atoms with Gasteiger partial charge >= 0.3 is 5.69 Å². The van der Waals surface area contributed by atoms with Gasteiger partial charge in [-0.15, -0.1) is 0 Å². The monoisotopic (exact) mass is 357 g/mol. The van der Waals surface area contributed by atoms with Crippen LogP contribution in [0.2, 0.25) is 0 Å². The second-order valence-electron chi connectivity index (χ2n) is 7.31. The molecule has 2 aromatic rings. The van der Waals surface area contributed by atoms with Crippen LogP contribution in [-0.2, 0) is 6.54 Å². The van der Waals surface area contributed by atoms with E-state index in [1.54, 1.807) is 4.90 Å². The molecule has 2 N–H and O–H groups in total. The van der Waals surface area contributed by atoms with Gasteiger partial charge in [-0.05, 0) is 31.6 Å². The molecule has 26 heavy (non-hydrogen) atoms. The smallest absolute Gasteiger partial charge is 0.325 e. The maximum atomic E-state index is 12.7. The molecule has 0 bridgehead atoms. The Kier molecular flexibility index (Phi) is 4.48. The molecule has 1 atom stereocenters. The van der Waals surface area contributed by atoms with E-state index in [9.17, 15) is 14.4 Å². The van der Waals surface area contributed by atoms with Gasteiger partial charge in [0, 0.05) is 44.1 Å². The number of imidazole rings is 1. The van der Waals surface area contributed by atoms with Crippen molar-refractivity contribution in [1.82, 2.24) is 24.4 Å². The molecule has 138 valence electrons. The fourth-order valence-corrected chi connectivity index (χ4v) is 3.90. The molecular weight excluding hydrogens is 334 g/mol. The van der Waals surface area contributed by atoms with Gasteiger partial charge < -0.3 is 14.5 Å².